The number of phenolic OH excluding ortho intramolecular Hbond substituents is 1. The first-order valence-electron chi connectivity index (χ1n) is 7.19. The summed E-state index contributed by atoms with van der Waals surface area (Å²) in [7, 11) is 0. The van der Waals surface area contributed by atoms with Crippen LogP contribution in [0.4, 0.5) is 0 Å². The number of fused-ring (bicyclic) bond motifs is 1. The van der Waals surface area contributed by atoms with Crippen molar-refractivity contribution >= 4 is 39.9 Å². The van der Waals surface area contributed by atoms with E-state index in [0.29, 0.717) is 32.1 Å². The number of ether oxygens (including phenoxy) is 1. The Labute approximate surface area is 146 Å². The number of carbonyl (C=O) groups is 1. The summed E-state index contributed by atoms with van der Waals surface area (Å²) in [5, 5.41) is 10.5. The molecule has 3 aromatic rings. The molecule has 0 atom stereocenters. The van der Waals surface area contributed by atoms with E-state index in [1.165, 1.54) is 12.1 Å². The first kappa shape index (κ1) is 16.5. The Morgan fingerprint density at radius 2 is 2.08 bits per heavy atom. The molecular formula is C17H13ClO5S. The molecule has 0 unspecified atom stereocenters. The van der Waals surface area contributed by atoms with Gasteiger partial charge in [0.05, 0.1) is 4.34 Å². The first-order valence-corrected chi connectivity index (χ1v) is 8.38. The molecule has 124 valence electrons. The van der Waals surface area contributed by atoms with Crippen molar-refractivity contribution in [1.82, 2.24) is 0 Å². The number of esters is 1. The molecule has 0 aliphatic heterocycles. The Kier molecular flexibility index (Phi) is 4.59. The number of benzene rings is 1. The Morgan fingerprint density at radius 3 is 2.75 bits per heavy atom. The van der Waals surface area contributed by atoms with E-state index < -0.39 is 11.6 Å². The molecule has 0 saturated carbocycles. The number of thiophene rings is 1. The molecule has 0 radical (unpaired) electrons. The van der Waals surface area contributed by atoms with Crippen molar-refractivity contribution in [2.45, 2.75) is 20.0 Å². The fourth-order valence-corrected chi connectivity index (χ4v) is 3.29. The average molecular weight is 365 g/mol. The van der Waals surface area contributed by atoms with E-state index in [9.17, 15) is 14.7 Å². The smallest absolute Gasteiger partial charge is 0.348 e. The van der Waals surface area contributed by atoms with Gasteiger partial charge in [-0.1, -0.05) is 18.5 Å². The second-order valence-corrected chi connectivity index (χ2v) is 6.82. The zero-order valence-corrected chi connectivity index (χ0v) is 14.2. The topological polar surface area (TPSA) is 76.7 Å². The summed E-state index contributed by atoms with van der Waals surface area (Å²) < 4.78 is 10.9. The molecule has 1 N–H and O–H groups in total. The fourth-order valence-electron chi connectivity index (χ4n) is 2.35. The van der Waals surface area contributed by atoms with Crippen LogP contribution in [0.5, 0.6) is 5.75 Å². The number of phenols is 1. The lowest BCUT2D eigenvalue weighted by Crippen LogP contribution is -2.07. The van der Waals surface area contributed by atoms with Crippen LogP contribution >= 0.6 is 22.9 Å². The van der Waals surface area contributed by atoms with Crippen LogP contribution in [0.15, 0.2) is 39.5 Å². The minimum absolute atomic E-state index is 0.0653. The average Bonchev–Trinajstić information content (AvgIpc) is 2.98. The second kappa shape index (κ2) is 6.67. The van der Waals surface area contributed by atoms with E-state index in [1.807, 2.05) is 6.92 Å². The number of carbonyl (C=O) groups excluding carboxylic acids is 1. The van der Waals surface area contributed by atoms with Gasteiger partial charge in [-0.2, -0.15) is 0 Å². The summed E-state index contributed by atoms with van der Waals surface area (Å²) >= 11 is 6.93. The van der Waals surface area contributed by atoms with Gasteiger partial charge < -0.3 is 14.3 Å². The van der Waals surface area contributed by atoms with Crippen LogP contribution < -0.4 is 5.63 Å². The van der Waals surface area contributed by atoms with Crippen molar-refractivity contribution in [3.8, 4) is 5.75 Å². The standard InChI is InChI=1S/C17H13ClO5S/c1-2-9-5-11-10(6-16(20)23-13(11)7-12(9)19)8-22-17(21)14-3-4-15(18)24-14/h3-7,19H,2,8H2,1H3. The predicted molar refractivity (Wildman–Crippen MR) is 92.0 cm³/mol. The van der Waals surface area contributed by atoms with Gasteiger partial charge in [-0.3, -0.25) is 0 Å². The van der Waals surface area contributed by atoms with Gasteiger partial charge in [0.25, 0.3) is 0 Å². The molecule has 3 rings (SSSR count). The van der Waals surface area contributed by atoms with Crippen molar-refractivity contribution in [3.63, 3.8) is 0 Å². The van der Waals surface area contributed by atoms with Crippen molar-refractivity contribution < 1.29 is 19.1 Å². The Hall–Kier alpha value is -2.31. The first-order chi connectivity index (χ1) is 11.5. The zero-order valence-electron chi connectivity index (χ0n) is 12.7. The highest BCUT2D eigenvalue weighted by Gasteiger charge is 2.14. The third kappa shape index (κ3) is 3.29. The maximum Gasteiger partial charge on any atom is 0.348 e. The highest BCUT2D eigenvalue weighted by molar-refractivity contribution is 7.17. The van der Waals surface area contributed by atoms with Crippen molar-refractivity contribution in [1.29, 1.82) is 0 Å². The number of rotatable bonds is 4. The van der Waals surface area contributed by atoms with Crippen LogP contribution in [-0.4, -0.2) is 11.1 Å². The fraction of sp³-hybridized carbons (Fsp3) is 0.176. The number of hydrogen-bond acceptors (Lipinski definition) is 6. The third-order valence-corrected chi connectivity index (χ3v) is 4.75. The molecule has 0 fully saturated rings. The van der Waals surface area contributed by atoms with E-state index in [0.717, 1.165) is 11.3 Å². The zero-order chi connectivity index (χ0) is 17.3. The van der Waals surface area contributed by atoms with E-state index in [2.05, 4.69) is 0 Å². The van der Waals surface area contributed by atoms with E-state index >= 15 is 0 Å². The molecule has 0 aliphatic carbocycles. The summed E-state index contributed by atoms with van der Waals surface area (Å²) in [5.74, 6) is -0.446. The number of hydrogen-bond donors (Lipinski definition) is 1. The van der Waals surface area contributed by atoms with E-state index in [-0.39, 0.29) is 17.9 Å². The molecule has 0 spiro atoms. The van der Waals surface area contributed by atoms with E-state index in [4.69, 9.17) is 20.8 Å². The lowest BCUT2D eigenvalue weighted by atomic mass is 10.0. The van der Waals surface area contributed by atoms with Gasteiger partial charge in [0.1, 0.15) is 22.8 Å². The lowest BCUT2D eigenvalue weighted by Gasteiger charge is -2.09. The van der Waals surface area contributed by atoms with Gasteiger partial charge in [-0.15, -0.1) is 11.3 Å². The Bertz CT molecular complexity index is 973. The van der Waals surface area contributed by atoms with Crippen LogP contribution in [0.25, 0.3) is 11.0 Å². The van der Waals surface area contributed by atoms with Crippen LogP contribution in [-0.2, 0) is 17.8 Å². The summed E-state index contributed by atoms with van der Waals surface area (Å²) in [4.78, 5) is 24.1. The largest absolute Gasteiger partial charge is 0.508 e. The molecular weight excluding hydrogens is 352 g/mol. The SMILES string of the molecule is CCc1cc2c(COC(=O)c3ccc(Cl)s3)cc(=O)oc2cc1O. The number of aryl methyl sites for hydroxylation is 1. The van der Waals surface area contributed by atoms with Gasteiger partial charge in [0, 0.05) is 23.1 Å². The number of halogens is 1. The summed E-state index contributed by atoms with van der Waals surface area (Å²) in [5.41, 5.74) is 0.916. The summed E-state index contributed by atoms with van der Waals surface area (Å²) in [6.45, 7) is 1.82. The van der Waals surface area contributed by atoms with Crippen LogP contribution in [0.2, 0.25) is 4.34 Å². The van der Waals surface area contributed by atoms with Crippen LogP contribution in [0, 0.1) is 0 Å². The van der Waals surface area contributed by atoms with Gasteiger partial charge in [0.2, 0.25) is 0 Å². The van der Waals surface area contributed by atoms with Crippen molar-refractivity contribution in [2.24, 2.45) is 0 Å². The van der Waals surface area contributed by atoms with Gasteiger partial charge in [0.15, 0.2) is 0 Å². The maximum atomic E-state index is 12.0. The molecule has 0 saturated heterocycles. The maximum absolute atomic E-state index is 12.0. The van der Waals surface area contributed by atoms with Crippen molar-refractivity contribution in [2.75, 3.05) is 0 Å². The summed E-state index contributed by atoms with van der Waals surface area (Å²) in [6.07, 6.45) is 0.619. The molecule has 1 aromatic carbocycles. The van der Waals surface area contributed by atoms with Crippen LogP contribution in [0.1, 0.15) is 27.7 Å². The Balaban J connectivity index is 1.93. The van der Waals surface area contributed by atoms with Gasteiger partial charge in [-0.25, -0.2) is 9.59 Å². The minimum atomic E-state index is -0.573. The molecule has 2 heterocycles. The van der Waals surface area contributed by atoms with Gasteiger partial charge in [-0.05, 0) is 30.2 Å². The molecule has 24 heavy (non-hydrogen) atoms. The quantitative estimate of drug-likeness (QED) is 0.556. The lowest BCUT2D eigenvalue weighted by molar-refractivity contribution is 0.0479. The molecule has 7 heteroatoms. The Morgan fingerprint density at radius 1 is 1.29 bits per heavy atom. The molecule has 0 bridgehead atoms. The highest BCUT2D eigenvalue weighted by Crippen LogP contribution is 2.28. The second-order valence-electron chi connectivity index (χ2n) is 5.10. The third-order valence-electron chi connectivity index (χ3n) is 3.54. The van der Waals surface area contributed by atoms with Crippen molar-refractivity contribution in [3.05, 3.63) is 61.1 Å². The molecule has 0 amide bonds. The minimum Gasteiger partial charge on any atom is -0.508 e. The van der Waals surface area contributed by atoms with E-state index in [1.54, 1.807) is 18.2 Å². The summed E-state index contributed by atoms with van der Waals surface area (Å²) in [6, 6.07) is 7.62. The molecule has 5 nitrogen and oxygen atoms in total. The monoisotopic (exact) mass is 364 g/mol. The number of aromatic hydroxyl groups is 1. The highest BCUT2D eigenvalue weighted by atomic mass is 35.5. The normalized spacial score (nSPS) is 10.9. The van der Waals surface area contributed by atoms with Crippen LogP contribution in [0.3, 0.4) is 0 Å². The molecule has 2 aromatic heterocycles. The molecule has 0 aliphatic rings. The van der Waals surface area contributed by atoms with Gasteiger partial charge >= 0.3 is 11.6 Å². The predicted octanol–water partition coefficient (Wildman–Crippen LogP) is 4.13.